The highest BCUT2D eigenvalue weighted by Crippen LogP contribution is 2.44. The number of hydrogen-bond donors (Lipinski definition) is 0. The summed E-state index contributed by atoms with van der Waals surface area (Å²) in [6.07, 6.45) is 0. The second-order valence-corrected chi connectivity index (χ2v) is 13.1. The molecule has 226 valence electrons. The lowest BCUT2D eigenvalue weighted by Gasteiger charge is -2.16. The molecule has 2 heterocycles. The van der Waals surface area contributed by atoms with E-state index in [2.05, 4.69) is 97.9 Å². The van der Waals surface area contributed by atoms with Crippen LogP contribution in [-0.4, -0.2) is 19.9 Å². The molecule has 0 saturated heterocycles. The predicted molar refractivity (Wildman–Crippen MR) is 200 cm³/mol. The minimum Gasteiger partial charge on any atom is -0.241 e. The van der Waals surface area contributed by atoms with Crippen molar-refractivity contribution in [1.82, 2.24) is 19.9 Å². The van der Waals surface area contributed by atoms with Crippen LogP contribution in [0.25, 0.3) is 88.2 Å². The minimum atomic E-state index is 0.634. The molecule has 0 saturated carbocycles. The largest absolute Gasteiger partial charge is 0.241 e. The summed E-state index contributed by atoms with van der Waals surface area (Å²) in [7, 11) is 0. The highest BCUT2D eigenvalue weighted by molar-refractivity contribution is 7.19. The van der Waals surface area contributed by atoms with Crippen molar-refractivity contribution in [2.45, 2.75) is 6.92 Å². The van der Waals surface area contributed by atoms with Gasteiger partial charge in [0.2, 0.25) is 0 Å². The summed E-state index contributed by atoms with van der Waals surface area (Å²) in [5.41, 5.74) is 8.41. The normalized spacial score (nSPS) is 11.4. The first-order valence-electron chi connectivity index (χ1n) is 16.0. The summed E-state index contributed by atoms with van der Waals surface area (Å²) in [5.74, 6) is 1.93. The molecule has 0 amide bonds. The highest BCUT2D eigenvalue weighted by atomic mass is 32.1. The number of hydrogen-bond acceptors (Lipinski definition) is 5. The summed E-state index contributed by atoms with van der Waals surface area (Å²) in [4.78, 5) is 20.0. The maximum absolute atomic E-state index is 5.09. The molecule has 0 atom stereocenters. The molecule has 7 aromatic carbocycles. The van der Waals surface area contributed by atoms with Crippen molar-refractivity contribution >= 4 is 43.1 Å². The second-order valence-electron chi connectivity index (χ2n) is 11.9. The standard InChI is InChI=1S/C43H28N4S/c1-27-44-39-37(26-31-18-9-11-22-35(31)40(39)48-27)36-24-23-28-13-8-10-21-34(28)38(36)32-19-12-20-33(25-32)43-46-41(29-14-4-2-5-15-29)45-42(47-43)30-16-6-3-7-17-30/h2-26H,1H3. The van der Waals surface area contributed by atoms with Gasteiger partial charge in [0, 0.05) is 27.6 Å². The molecule has 9 rings (SSSR count). The van der Waals surface area contributed by atoms with Gasteiger partial charge in [0.05, 0.1) is 15.2 Å². The minimum absolute atomic E-state index is 0.634. The van der Waals surface area contributed by atoms with E-state index in [-0.39, 0.29) is 0 Å². The highest BCUT2D eigenvalue weighted by Gasteiger charge is 2.19. The molecule has 0 spiro atoms. The zero-order valence-electron chi connectivity index (χ0n) is 26.1. The van der Waals surface area contributed by atoms with Crippen LogP contribution < -0.4 is 0 Å². The summed E-state index contributed by atoms with van der Waals surface area (Å²) < 4.78 is 1.22. The first-order chi connectivity index (χ1) is 23.7. The fourth-order valence-electron chi connectivity index (χ4n) is 6.61. The lowest BCUT2D eigenvalue weighted by Crippen LogP contribution is -2.00. The van der Waals surface area contributed by atoms with Gasteiger partial charge in [0.1, 0.15) is 0 Å². The van der Waals surface area contributed by atoms with E-state index < -0.39 is 0 Å². The average Bonchev–Trinajstić information content (AvgIpc) is 3.56. The van der Waals surface area contributed by atoms with Crippen LogP contribution in [0.15, 0.2) is 152 Å². The number of fused-ring (bicyclic) bond motifs is 4. The molecule has 48 heavy (non-hydrogen) atoms. The molecule has 5 heteroatoms. The maximum Gasteiger partial charge on any atom is 0.164 e. The van der Waals surface area contributed by atoms with Crippen molar-refractivity contribution < 1.29 is 0 Å². The Morgan fingerprint density at radius 2 is 0.979 bits per heavy atom. The van der Waals surface area contributed by atoms with Gasteiger partial charge in [0.25, 0.3) is 0 Å². The number of aryl methyl sites for hydroxylation is 1. The molecule has 0 aliphatic heterocycles. The van der Waals surface area contributed by atoms with E-state index in [1.165, 1.54) is 26.2 Å². The van der Waals surface area contributed by atoms with Crippen molar-refractivity contribution in [2.75, 3.05) is 0 Å². The number of thiazole rings is 1. The van der Waals surface area contributed by atoms with Crippen LogP contribution in [0, 0.1) is 6.92 Å². The number of aromatic nitrogens is 4. The van der Waals surface area contributed by atoms with Crippen molar-refractivity contribution in [2.24, 2.45) is 0 Å². The zero-order chi connectivity index (χ0) is 32.0. The Balaban J connectivity index is 1.28. The third-order valence-electron chi connectivity index (χ3n) is 8.82. The Hall–Kier alpha value is -6.04. The van der Waals surface area contributed by atoms with E-state index in [4.69, 9.17) is 19.9 Å². The number of nitrogens with zero attached hydrogens (tertiary/aromatic N) is 4. The summed E-state index contributed by atoms with van der Waals surface area (Å²) in [5, 5.41) is 5.88. The van der Waals surface area contributed by atoms with Crippen LogP contribution in [0.3, 0.4) is 0 Å². The predicted octanol–water partition coefficient (Wildman–Crippen LogP) is 11.4. The second kappa shape index (κ2) is 11.6. The van der Waals surface area contributed by atoms with Gasteiger partial charge in [-0.2, -0.15) is 0 Å². The van der Waals surface area contributed by atoms with Crippen molar-refractivity contribution in [1.29, 1.82) is 0 Å². The molecule has 9 aromatic rings. The van der Waals surface area contributed by atoms with E-state index >= 15 is 0 Å². The molecular formula is C43H28N4S. The first kappa shape index (κ1) is 28.2. The van der Waals surface area contributed by atoms with Crippen LogP contribution >= 0.6 is 11.3 Å². The van der Waals surface area contributed by atoms with Crippen LogP contribution in [-0.2, 0) is 0 Å². The third-order valence-corrected chi connectivity index (χ3v) is 9.83. The van der Waals surface area contributed by atoms with Gasteiger partial charge < -0.3 is 0 Å². The molecule has 0 bridgehead atoms. The Morgan fingerprint density at radius 3 is 1.69 bits per heavy atom. The van der Waals surface area contributed by atoms with E-state index in [1.54, 1.807) is 11.3 Å². The third kappa shape index (κ3) is 4.93. The molecule has 0 N–H and O–H groups in total. The van der Waals surface area contributed by atoms with Gasteiger partial charge in [0.15, 0.2) is 17.5 Å². The quantitative estimate of drug-likeness (QED) is 0.189. The van der Waals surface area contributed by atoms with Gasteiger partial charge in [-0.05, 0) is 51.9 Å². The van der Waals surface area contributed by atoms with Crippen LogP contribution in [0.5, 0.6) is 0 Å². The van der Waals surface area contributed by atoms with Crippen molar-refractivity contribution in [3.05, 3.63) is 157 Å². The first-order valence-corrected chi connectivity index (χ1v) is 16.8. The van der Waals surface area contributed by atoms with E-state index in [9.17, 15) is 0 Å². The van der Waals surface area contributed by atoms with Gasteiger partial charge >= 0.3 is 0 Å². The van der Waals surface area contributed by atoms with Gasteiger partial charge in [-0.3, -0.25) is 0 Å². The van der Waals surface area contributed by atoms with Gasteiger partial charge in [-0.1, -0.05) is 140 Å². The van der Waals surface area contributed by atoms with Gasteiger partial charge in [-0.15, -0.1) is 11.3 Å². The molecular weight excluding hydrogens is 605 g/mol. The lowest BCUT2D eigenvalue weighted by molar-refractivity contribution is 1.07. The fourth-order valence-corrected chi connectivity index (χ4v) is 7.59. The molecule has 4 nitrogen and oxygen atoms in total. The zero-order valence-corrected chi connectivity index (χ0v) is 26.9. The van der Waals surface area contributed by atoms with Crippen molar-refractivity contribution in [3.8, 4) is 56.4 Å². The van der Waals surface area contributed by atoms with E-state index in [0.29, 0.717) is 17.5 Å². The SMILES string of the molecule is Cc1nc2c(-c3ccc4ccccc4c3-c3cccc(-c4nc(-c5ccccc5)nc(-c5ccccc5)n4)c3)cc3ccccc3c2s1. The maximum atomic E-state index is 5.09. The van der Waals surface area contributed by atoms with Crippen molar-refractivity contribution in [3.63, 3.8) is 0 Å². The van der Waals surface area contributed by atoms with E-state index in [1.807, 2.05) is 60.7 Å². The summed E-state index contributed by atoms with van der Waals surface area (Å²) in [6, 6.07) is 52.8. The Morgan fingerprint density at radius 1 is 0.417 bits per heavy atom. The fraction of sp³-hybridized carbons (Fsp3) is 0.0233. The van der Waals surface area contributed by atoms with Crippen LogP contribution in [0.1, 0.15) is 5.01 Å². The molecule has 0 aliphatic rings. The average molecular weight is 633 g/mol. The van der Waals surface area contributed by atoms with E-state index in [0.717, 1.165) is 49.5 Å². The lowest BCUT2D eigenvalue weighted by atomic mass is 9.88. The molecule has 2 aromatic heterocycles. The molecule has 0 unspecified atom stereocenters. The monoisotopic (exact) mass is 632 g/mol. The number of rotatable bonds is 5. The Labute approximate surface area is 282 Å². The molecule has 0 radical (unpaired) electrons. The van der Waals surface area contributed by atoms with Crippen LogP contribution in [0.4, 0.5) is 0 Å². The molecule has 0 fully saturated rings. The smallest absolute Gasteiger partial charge is 0.164 e. The topological polar surface area (TPSA) is 51.6 Å². The van der Waals surface area contributed by atoms with Crippen LogP contribution in [0.2, 0.25) is 0 Å². The summed E-state index contributed by atoms with van der Waals surface area (Å²) in [6.45, 7) is 2.09. The van der Waals surface area contributed by atoms with Gasteiger partial charge in [-0.25, -0.2) is 19.9 Å². The Kier molecular flexibility index (Phi) is 6.84. The Bertz CT molecular complexity index is 2570. The summed E-state index contributed by atoms with van der Waals surface area (Å²) >= 11 is 1.76. The molecule has 0 aliphatic carbocycles. The number of benzene rings is 7.